The SMILES string of the molecule is Cc1cc(Br)oc1CN=C=O. The maximum Gasteiger partial charge on any atom is 0.235 e. The molecule has 0 aliphatic carbocycles. The fourth-order valence-corrected chi connectivity index (χ4v) is 1.28. The Morgan fingerprint density at radius 2 is 2.55 bits per heavy atom. The molecule has 58 valence electrons. The summed E-state index contributed by atoms with van der Waals surface area (Å²) in [5.41, 5.74) is 0.982. The van der Waals surface area contributed by atoms with E-state index in [0.717, 1.165) is 5.56 Å². The van der Waals surface area contributed by atoms with Crippen LogP contribution in [0.5, 0.6) is 0 Å². The van der Waals surface area contributed by atoms with E-state index in [4.69, 9.17) is 4.42 Å². The van der Waals surface area contributed by atoms with E-state index in [9.17, 15) is 4.79 Å². The fraction of sp³-hybridized carbons (Fsp3) is 0.286. The molecule has 1 aromatic rings. The zero-order valence-electron chi connectivity index (χ0n) is 5.93. The third-order valence-corrected chi connectivity index (χ3v) is 1.67. The topological polar surface area (TPSA) is 42.6 Å². The number of hydrogen-bond donors (Lipinski definition) is 0. The third kappa shape index (κ3) is 2.03. The summed E-state index contributed by atoms with van der Waals surface area (Å²) in [7, 11) is 0. The summed E-state index contributed by atoms with van der Waals surface area (Å²) in [5.74, 6) is 0.695. The molecule has 0 aliphatic rings. The van der Waals surface area contributed by atoms with Crippen LogP contribution in [0.15, 0.2) is 20.1 Å². The Kier molecular flexibility index (Phi) is 2.63. The van der Waals surface area contributed by atoms with Gasteiger partial charge in [0.25, 0.3) is 0 Å². The highest BCUT2D eigenvalue weighted by Gasteiger charge is 2.03. The molecule has 0 spiro atoms. The minimum Gasteiger partial charge on any atom is -0.452 e. The molecule has 0 N–H and O–H groups in total. The summed E-state index contributed by atoms with van der Waals surface area (Å²) >= 11 is 3.17. The first-order valence-electron chi connectivity index (χ1n) is 3.02. The van der Waals surface area contributed by atoms with Crippen LogP contribution < -0.4 is 0 Å². The number of hydrogen-bond acceptors (Lipinski definition) is 3. The van der Waals surface area contributed by atoms with Crippen LogP contribution >= 0.6 is 15.9 Å². The molecule has 0 radical (unpaired) electrons. The molecular weight excluding hydrogens is 210 g/mol. The quantitative estimate of drug-likeness (QED) is 0.561. The number of furan rings is 1. The van der Waals surface area contributed by atoms with E-state index < -0.39 is 0 Å². The van der Waals surface area contributed by atoms with Crippen LogP contribution in [-0.2, 0) is 11.3 Å². The van der Waals surface area contributed by atoms with Gasteiger partial charge in [-0.05, 0) is 34.5 Å². The lowest BCUT2D eigenvalue weighted by Gasteiger charge is -1.87. The van der Waals surface area contributed by atoms with Crippen LogP contribution in [0.4, 0.5) is 0 Å². The average molecular weight is 216 g/mol. The molecule has 0 unspecified atom stereocenters. The third-order valence-electron chi connectivity index (χ3n) is 1.28. The van der Waals surface area contributed by atoms with E-state index in [-0.39, 0.29) is 6.54 Å². The molecule has 0 fully saturated rings. The summed E-state index contributed by atoms with van der Waals surface area (Å²) in [4.78, 5) is 13.1. The van der Waals surface area contributed by atoms with Gasteiger partial charge in [0.2, 0.25) is 6.08 Å². The molecule has 0 aromatic carbocycles. The van der Waals surface area contributed by atoms with Crippen molar-refractivity contribution in [3.05, 3.63) is 22.1 Å². The number of halogens is 1. The Balaban J connectivity index is 2.85. The molecule has 0 aliphatic heterocycles. The Morgan fingerprint density at radius 3 is 3.00 bits per heavy atom. The smallest absolute Gasteiger partial charge is 0.235 e. The summed E-state index contributed by atoms with van der Waals surface area (Å²) in [6.07, 6.45) is 1.45. The van der Waals surface area contributed by atoms with Crippen LogP contribution in [0.1, 0.15) is 11.3 Å². The molecule has 1 heterocycles. The van der Waals surface area contributed by atoms with E-state index in [0.29, 0.717) is 10.4 Å². The van der Waals surface area contributed by atoms with E-state index in [1.54, 1.807) is 0 Å². The molecule has 0 bridgehead atoms. The second-order valence-corrected chi connectivity index (χ2v) is 2.85. The maximum atomic E-state index is 9.75. The van der Waals surface area contributed by atoms with Crippen LogP contribution in [0, 0.1) is 6.92 Å². The van der Waals surface area contributed by atoms with Crippen LogP contribution in [0.3, 0.4) is 0 Å². The molecule has 3 nitrogen and oxygen atoms in total. The largest absolute Gasteiger partial charge is 0.452 e. The van der Waals surface area contributed by atoms with Crippen molar-refractivity contribution < 1.29 is 9.21 Å². The molecule has 0 saturated carbocycles. The first-order chi connectivity index (χ1) is 5.24. The van der Waals surface area contributed by atoms with Crippen molar-refractivity contribution in [2.45, 2.75) is 13.5 Å². The van der Waals surface area contributed by atoms with Crippen LogP contribution in [0.25, 0.3) is 0 Å². The van der Waals surface area contributed by atoms with Gasteiger partial charge in [-0.2, -0.15) is 4.99 Å². The number of nitrogens with zero attached hydrogens (tertiary/aromatic N) is 1. The van der Waals surface area contributed by atoms with E-state index in [2.05, 4.69) is 20.9 Å². The second kappa shape index (κ2) is 3.51. The molecule has 0 atom stereocenters. The van der Waals surface area contributed by atoms with Gasteiger partial charge < -0.3 is 4.42 Å². The fourth-order valence-electron chi connectivity index (χ4n) is 0.739. The monoisotopic (exact) mass is 215 g/mol. The van der Waals surface area contributed by atoms with Crippen LogP contribution in [-0.4, -0.2) is 6.08 Å². The van der Waals surface area contributed by atoms with Gasteiger partial charge in [0.05, 0.1) is 0 Å². The van der Waals surface area contributed by atoms with Gasteiger partial charge in [-0.25, -0.2) is 4.79 Å². The van der Waals surface area contributed by atoms with Crippen LogP contribution in [0.2, 0.25) is 0 Å². The first kappa shape index (κ1) is 8.24. The lowest BCUT2D eigenvalue weighted by molar-refractivity contribution is 0.486. The second-order valence-electron chi connectivity index (χ2n) is 2.06. The average Bonchev–Trinajstić information content (AvgIpc) is 2.26. The van der Waals surface area contributed by atoms with Gasteiger partial charge in [-0.3, -0.25) is 0 Å². The molecule has 0 saturated heterocycles. The Hall–Kier alpha value is -0.860. The van der Waals surface area contributed by atoms with Gasteiger partial charge in [0.1, 0.15) is 12.3 Å². The zero-order valence-corrected chi connectivity index (χ0v) is 7.51. The predicted octanol–water partition coefficient (Wildman–Crippen LogP) is 2.19. The van der Waals surface area contributed by atoms with Crippen molar-refractivity contribution >= 4 is 22.0 Å². The molecule has 0 amide bonds. The number of aliphatic imine (C=N–C) groups is 1. The summed E-state index contributed by atoms with van der Waals surface area (Å²) < 4.78 is 5.82. The van der Waals surface area contributed by atoms with Crippen molar-refractivity contribution in [1.82, 2.24) is 0 Å². The van der Waals surface area contributed by atoms with Crippen molar-refractivity contribution in [3.63, 3.8) is 0 Å². The van der Waals surface area contributed by atoms with Gasteiger partial charge >= 0.3 is 0 Å². The highest BCUT2D eigenvalue weighted by molar-refractivity contribution is 9.10. The van der Waals surface area contributed by atoms with Gasteiger partial charge in [0.15, 0.2) is 4.67 Å². The molecule has 1 aromatic heterocycles. The van der Waals surface area contributed by atoms with Crippen molar-refractivity contribution in [1.29, 1.82) is 0 Å². The summed E-state index contributed by atoms with van der Waals surface area (Å²) in [6, 6.07) is 1.83. The highest BCUT2D eigenvalue weighted by atomic mass is 79.9. The number of carbonyl (C=O) groups excluding carboxylic acids is 1. The minimum atomic E-state index is 0.265. The van der Waals surface area contributed by atoms with E-state index in [1.807, 2.05) is 13.0 Å². The molecule has 1 rings (SSSR count). The normalized spacial score (nSPS) is 9.27. The standard InChI is InChI=1S/C7H6BrNO2/c1-5-2-7(8)11-6(5)3-9-4-10/h2H,3H2,1H3. The molecular formula is C7H6BrNO2. The van der Waals surface area contributed by atoms with Gasteiger partial charge in [-0.15, -0.1) is 0 Å². The van der Waals surface area contributed by atoms with Gasteiger partial charge in [0, 0.05) is 0 Å². The van der Waals surface area contributed by atoms with Gasteiger partial charge in [-0.1, -0.05) is 0 Å². The van der Waals surface area contributed by atoms with E-state index >= 15 is 0 Å². The van der Waals surface area contributed by atoms with Crippen molar-refractivity contribution in [3.8, 4) is 0 Å². The van der Waals surface area contributed by atoms with Crippen molar-refractivity contribution in [2.24, 2.45) is 4.99 Å². The lowest BCUT2D eigenvalue weighted by atomic mass is 10.3. The highest BCUT2D eigenvalue weighted by Crippen LogP contribution is 2.19. The predicted molar refractivity (Wildman–Crippen MR) is 43.0 cm³/mol. The number of aryl methyl sites for hydroxylation is 1. The van der Waals surface area contributed by atoms with E-state index in [1.165, 1.54) is 6.08 Å². The number of rotatable bonds is 2. The van der Waals surface area contributed by atoms with Crippen molar-refractivity contribution in [2.75, 3.05) is 0 Å². The minimum absolute atomic E-state index is 0.265. The maximum absolute atomic E-state index is 9.75. The Morgan fingerprint density at radius 1 is 1.82 bits per heavy atom. The Labute approximate surface area is 72.2 Å². The summed E-state index contributed by atoms with van der Waals surface area (Å²) in [6.45, 7) is 2.16. The summed E-state index contributed by atoms with van der Waals surface area (Å²) in [5, 5.41) is 0. The Bertz CT molecular complexity index is 299. The number of isocyanates is 1. The molecule has 11 heavy (non-hydrogen) atoms. The molecule has 4 heteroatoms. The zero-order chi connectivity index (χ0) is 8.27. The lowest BCUT2D eigenvalue weighted by Crippen LogP contribution is -1.78. The first-order valence-corrected chi connectivity index (χ1v) is 3.82.